The van der Waals surface area contributed by atoms with E-state index >= 15 is 0 Å². The zero-order valence-electron chi connectivity index (χ0n) is 10.0. The lowest BCUT2D eigenvalue weighted by atomic mass is 9.77. The van der Waals surface area contributed by atoms with Gasteiger partial charge in [-0.05, 0) is 37.5 Å². The molecule has 0 saturated heterocycles. The molecular weight excluding hydrogens is 215 g/mol. The minimum absolute atomic E-state index is 0.279. The molecule has 0 aromatic heterocycles. The number of anilines is 1. The molecule has 1 aliphatic rings. The highest BCUT2D eigenvalue weighted by Gasteiger charge is 2.30. The summed E-state index contributed by atoms with van der Waals surface area (Å²) in [7, 11) is 0. The smallest absolute Gasteiger partial charge is 0.125 e. The molecule has 17 heavy (non-hydrogen) atoms. The first-order valence-corrected chi connectivity index (χ1v) is 6.06. The first kappa shape index (κ1) is 11.9. The van der Waals surface area contributed by atoms with Gasteiger partial charge in [-0.2, -0.15) is 5.26 Å². The highest BCUT2D eigenvalue weighted by atomic mass is 19.1. The molecule has 3 heteroatoms. The second-order valence-corrected chi connectivity index (χ2v) is 5.08. The Morgan fingerprint density at radius 2 is 2.29 bits per heavy atom. The number of hydrogen-bond donors (Lipinski definition) is 1. The third-order valence-electron chi connectivity index (χ3n) is 3.41. The lowest BCUT2D eigenvalue weighted by Crippen LogP contribution is -2.36. The van der Waals surface area contributed by atoms with Crippen LogP contribution in [-0.2, 0) is 0 Å². The molecule has 0 aliphatic heterocycles. The van der Waals surface area contributed by atoms with Crippen LogP contribution < -0.4 is 5.32 Å². The fourth-order valence-electron chi connectivity index (χ4n) is 2.28. The van der Waals surface area contributed by atoms with Crippen molar-refractivity contribution in [1.29, 1.82) is 5.26 Å². The minimum Gasteiger partial charge on any atom is -0.367 e. The zero-order valence-corrected chi connectivity index (χ0v) is 10.0. The van der Waals surface area contributed by atoms with E-state index in [2.05, 4.69) is 11.4 Å². The average molecular weight is 232 g/mol. The van der Waals surface area contributed by atoms with Crippen molar-refractivity contribution in [3.05, 3.63) is 30.1 Å². The summed E-state index contributed by atoms with van der Waals surface area (Å²) < 4.78 is 13.1. The average Bonchev–Trinajstić information content (AvgIpc) is 2.24. The maximum absolute atomic E-state index is 13.1. The fraction of sp³-hybridized carbons (Fsp3) is 0.500. The number of nitriles is 1. The van der Waals surface area contributed by atoms with Crippen LogP contribution in [-0.4, -0.2) is 5.54 Å². The summed E-state index contributed by atoms with van der Waals surface area (Å²) in [5, 5.41) is 12.4. The highest BCUT2D eigenvalue weighted by molar-refractivity contribution is 5.47. The molecule has 1 unspecified atom stereocenters. The molecule has 0 spiro atoms. The second-order valence-electron chi connectivity index (χ2n) is 5.08. The largest absolute Gasteiger partial charge is 0.367 e. The lowest BCUT2D eigenvalue weighted by Gasteiger charge is -2.33. The van der Waals surface area contributed by atoms with Crippen LogP contribution in [0.4, 0.5) is 10.1 Å². The number of nitrogens with zero attached hydrogens (tertiary/aromatic N) is 1. The number of hydrogen-bond acceptors (Lipinski definition) is 2. The number of nitrogens with one attached hydrogen (secondary N) is 1. The fourth-order valence-corrected chi connectivity index (χ4v) is 2.28. The van der Waals surface area contributed by atoms with Gasteiger partial charge in [0.2, 0.25) is 0 Å². The normalized spacial score (nSPS) is 18.9. The van der Waals surface area contributed by atoms with E-state index in [1.165, 1.54) is 31.4 Å². The van der Waals surface area contributed by atoms with E-state index in [9.17, 15) is 9.65 Å². The van der Waals surface area contributed by atoms with Crippen LogP contribution in [0.15, 0.2) is 24.3 Å². The SMILES string of the molecule is CC(C#N)(CC1CCC1)Nc1cccc(F)c1. The molecule has 2 nitrogen and oxygen atoms in total. The van der Waals surface area contributed by atoms with E-state index < -0.39 is 5.54 Å². The Balaban J connectivity index is 2.05. The van der Waals surface area contributed by atoms with Gasteiger partial charge in [-0.3, -0.25) is 0 Å². The van der Waals surface area contributed by atoms with Gasteiger partial charge in [0.15, 0.2) is 0 Å². The third-order valence-corrected chi connectivity index (χ3v) is 3.41. The van der Waals surface area contributed by atoms with Gasteiger partial charge in [0.25, 0.3) is 0 Å². The molecule has 1 aromatic rings. The first-order valence-electron chi connectivity index (χ1n) is 6.06. The van der Waals surface area contributed by atoms with Crippen LogP contribution in [0, 0.1) is 23.1 Å². The zero-order chi connectivity index (χ0) is 12.3. The van der Waals surface area contributed by atoms with Gasteiger partial charge >= 0.3 is 0 Å². The van der Waals surface area contributed by atoms with Crippen molar-refractivity contribution in [2.24, 2.45) is 5.92 Å². The van der Waals surface area contributed by atoms with Gasteiger partial charge < -0.3 is 5.32 Å². The summed E-state index contributed by atoms with van der Waals surface area (Å²) in [6.07, 6.45) is 4.52. The molecule has 90 valence electrons. The van der Waals surface area contributed by atoms with Crippen molar-refractivity contribution < 1.29 is 4.39 Å². The predicted molar refractivity (Wildman–Crippen MR) is 66.0 cm³/mol. The predicted octanol–water partition coefficient (Wildman–Crippen LogP) is 3.71. The molecule has 0 bridgehead atoms. The van der Waals surface area contributed by atoms with Crippen LogP contribution in [0.2, 0.25) is 0 Å². The summed E-state index contributed by atoms with van der Waals surface area (Å²) in [6.45, 7) is 1.89. The standard InChI is InChI=1S/C14H17FN2/c1-14(10-16,9-11-4-2-5-11)17-13-7-3-6-12(15)8-13/h3,6-8,11,17H,2,4-5,9H2,1H3. The molecule has 0 radical (unpaired) electrons. The molecule has 1 aliphatic carbocycles. The van der Waals surface area contributed by atoms with E-state index in [-0.39, 0.29) is 5.82 Å². The molecule has 1 saturated carbocycles. The maximum atomic E-state index is 13.1. The summed E-state index contributed by atoms with van der Waals surface area (Å²) >= 11 is 0. The molecule has 0 amide bonds. The van der Waals surface area contributed by atoms with Crippen LogP contribution in [0.1, 0.15) is 32.6 Å². The summed E-state index contributed by atoms with van der Waals surface area (Å²) in [6, 6.07) is 8.59. The molecule has 1 fully saturated rings. The van der Waals surface area contributed by atoms with Crippen molar-refractivity contribution in [3.63, 3.8) is 0 Å². The summed E-state index contributed by atoms with van der Waals surface area (Å²) in [5.74, 6) is 0.361. The topological polar surface area (TPSA) is 35.8 Å². The number of benzene rings is 1. The van der Waals surface area contributed by atoms with E-state index in [0.29, 0.717) is 11.6 Å². The molecule has 2 rings (SSSR count). The monoisotopic (exact) mass is 232 g/mol. The quantitative estimate of drug-likeness (QED) is 0.859. The van der Waals surface area contributed by atoms with E-state index in [0.717, 1.165) is 6.42 Å². The van der Waals surface area contributed by atoms with Crippen molar-refractivity contribution in [1.82, 2.24) is 0 Å². The van der Waals surface area contributed by atoms with Gasteiger partial charge in [0, 0.05) is 5.69 Å². The van der Waals surface area contributed by atoms with Gasteiger partial charge in [0.1, 0.15) is 11.4 Å². The Morgan fingerprint density at radius 3 is 2.82 bits per heavy atom. The molecule has 1 N–H and O–H groups in total. The molecule has 1 atom stereocenters. The van der Waals surface area contributed by atoms with Gasteiger partial charge in [-0.15, -0.1) is 0 Å². The van der Waals surface area contributed by atoms with Crippen molar-refractivity contribution in [3.8, 4) is 6.07 Å². The van der Waals surface area contributed by atoms with Gasteiger partial charge in [-0.1, -0.05) is 25.3 Å². The van der Waals surface area contributed by atoms with Crippen molar-refractivity contribution >= 4 is 5.69 Å². The summed E-state index contributed by atoms with van der Waals surface area (Å²) in [4.78, 5) is 0. The highest BCUT2D eigenvalue weighted by Crippen LogP contribution is 2.34. The van der Waals surface area contributed by atoms with Crippen LogP contribution >= 0.6 is 0 Å². The maximum Gasteiger partial charge on any atom is 0.125 e. The second kappa shape index (κ2) is 4.75. The van der Waals surface area contributed by atoms with Crippen molar-refractivity contribution in [2.45, 2.75) is 38.1 Å². The van der Waals surface area contributed by atoms with Crippen molar-refractivity contribution in [2.75, 3.05) is 5.32 Å². The lowest BCUT2D eigenvalue weighted by molar-refractivity contribution is 0.267. The number of rotatable bonds is 4. The summed E-state index contributed by atoms with van der Waals surface area (Å²) in [5.41, 5.74) is 0.0761. The van der Waals surface area contributed by atoms with Gasteiger partial charge in [0.05, 0.1) is 6.07 Å². The Hall–Kier alpha value is -1.56. The van der Waals surface area contributed by atoms with Gasteiger partial charge in [-0.25, -0.2) is 4.39 Å². The molecule has 1 aromatic carbocycles. The van der Waals surface area contributed by atoms with E-state index in [1.807, 2.05) is 6.92 Å². The first-order chi connectivity index (χ1) is 8.11. The molecule has 0 heterocycles. The third kappa shape index (κ3) is 2.97. The Morgan fingerprint density at radius 1 is 1.53 bits per heavy atom. The van der Waals surface area contributed by atoms with E-state index in [4.69, 9.17) is 0 Å². The minimum atomic E-state index is -0.598. The number of halogens is 1. The van der Waals surface area contributed by atoms with E-state index in [1.54, 1.807) is 12.1 Å². The Bertz CT molecular complexity index is 434. The Labute approximate surface area is 101 Å². The molecular formula is C14H17FN2. The van der Waals surface area contributed by atoms with Crippen LogP contribution in [0.3, 0.4) is 0 Å². The van der Waals surface area contributed by atoms with Crippen LogP contribution in [0.25, 0.3) is 0 Å². The van der Waals surface area contributed by atoms with Crippen LogP contribution in [0.5, 0.6) is 0 Å². The Kier molecular flexibility index (Phi) is 3.33.